The van der Waals surface area contributed by atoms with Gasteiger partial charge in [0.05, 0.1) is 5.57 Å². The Labute approximate surface area is 107 Å². The van der Waals surface area contributed by atoms with Crippen LogP contribution in [-0.4, -0.2) is 6.18 Å². The zero-order chi connectivity index (χ0) is 13.3. The zero-order valence-corrected chi connectivity index (χ0v) is 9.96. The number of hydrogen-bond donors (Lipinski definition) is 0. The van der Waals surface area contributed by atoms with Gasteiger partial charge in [0, 0.05) is 22.6 Å². The Balaban J connectivity index is 2.26. The highest BCUT2D eigenvalue weighted by Gasteiger charge is 2.33. The lowest BCUT2D eigenvalue weighted by molar-refractivity contribution is -0.0883. The van der Waals surface area contributed by atoms with Gasteiger partial charge in [-0.2, -0.15) is 13.2 Å². The first-order valence-corrected chi connectivity index (χ1v) is 5.46. The lowest BCUT2D eigenvalue weighted by Gasteiger charge is -2.25. The summed E-state index contributed by atoms with van der Waals surface area (Å²) in [7, 11) is 0. The Morgan fingerprint density at radius 2 is 1.72 bits per heavy atom. The van der Waals surface area contributed by atoms with Crippen molar-refractivity contribution in [2.75, 3.05) is 4.90 Å². The van der Waals surface area contributed by atoms with E-state index in [1.807, 2.05) is 0 Å². The maximum absolute atomic E-state index is 12.5. The maximum Gasteiger partial charge on any atom is 0.416 e. The highest BCUT2D eigenvalue weighted by atomic mass is 35.5. The third-order valence-corrected chi connectivity index (χ3v) is 2.72. The van der Waals surface area contributed by atoms with Crippen LogP contribution in [0.4, 0.5) is 18.9 Å². The topological polar surface area (TPSA) is 3.24 Å². The molecule has 0 spiro atoms. The summed E-state index contributed by atoms with van der Waals surface area (Å²) in [6.45, 7) is 3.62. The summed E-state index contributed by atoms with van der Waals surface area (Å²) in [6, 6.07) is 6.76. The second kappa shape index (κ2) is 4.53. The minimum atomic E-state index is -4.36. The molecule has 0 amide bonds. The van der Waals surface area contributed by atoms with Crippen LogP contribution in [0.5, 0.6) is 0 Å². The molecule has 94 valence electrons. The Morgan fingerprint density at radius 1 is 1.11 bits per heavy atom. The molecule has 0 fully saturated rings. The van der Waals surface area contributed by atoms with Crippen molar-refractivity contribution in [3.8, 4) is 0 Å². The van der Waals surface area contributed by atoms with Gasteiger partial charge in [-0.15, -0.1) is 0 Å². The summed E-state index contributed by atoms with van der Waals surface area (Å²) in [5.74, 6) is 0. The molecule has 0 atom stereocenters. The largest absolute Gasteiger partial charge is 0.416 e. The number of anilines is 1. The van der Waals surface area contributed by atoms with Crippen LogP contribution in [0.1, 0.15) is 0 Å². The molecule has 0 saturated heterocycles. The molecule has 2 rings (SSSR count). The van der Waals surface area contributed by atoms with Gasteiger partial charge in [0.2, 0.25) is 0 Å². The van der Waals surface area contributed by atoms with Crippen molar-refractivity contribution in [1.82, 2.24) is 0 Å². The van der Waals surface area contributed by atoms with Crippen molar-refractivity contribution in [3.05, 3.63) is 65.5 Å². The average molecular weight is 272 g/mol. The zero-order valence-electron chi connectivity index (χ0n) is 9.21. The monoisotopic (exact) mass is 271 g/mol. The SMILES string of the molecule is C=C1C=C(C(F)(F)F)C=CN1c1ccc(Cl)cc1. The number of nitrogens with zero attached hydrogens (tertiary/aromatic N) is 1. The molecule has 0 radical (unpaired) electrons. The third-order valence-electron chi connectivity index (χ3n) is 2.47. The van der Waals surface area contributed by atoms with E-state index >= 15 is 0 Å². The lowest BCUT2D eigenvalue weighted by Crippen LogP contribution is -2.20. The fraction of sp³-hybridized carbons (Fsp3) is 0.0769. The molecule has 5 heteroatoms. The number of allylic oxidation sites excluding steroid dienone is 3. The Morgan fingerprint density at radius 3 is 2.22 bits per heavy atom. The third kappa shape index (κ3) is 2.59. The standard InChI is InChI=1S/C13H9ClF3N/c1-9-8-10(13(15,16)17)6-7-18(9)12-4-2-11(14)3-5-12/h2-8H,1H2. The van der Waals surface area contributed by atoms with E-state index in [0.29, 0.717) is 10.7 Å². The highest BCUT2D eigenvalue weighted by molar-refractivity contribution is 6.30. The minimum absolute atomic E-state index is 0.257. The van der Waals surface area contributed by atoms with Crippen LogP contribution in [0.15, 0.2) is 60.5 Å². The number of benzene rings is 1. The van der Waals surface area contributed by atoms with Gasteiger partial charge < -0.3 is 4.90 Å². The molecule has 0 bridgehead atoms. The van der Waals surface area contributed by atoms with Crippen LogP contribution >= 0.6 is 11.6 Å². The van der Waals surface area contributed by atoms with Crippen LogP contribution in [-0.2, 0) is 0 Å². The number of halogens is 4. The first kappa shape index (κ1) is 12.8. The molecule has 1 heterocycles. The quantitative estimate of drug-likeness (QED) is 0.717. The second-order valence-electron chi connectivity index (χ2n) is 3.75. The van der Waals surface area contributed by atoms with Gasteiger partial charge in [-0.05, 0) is 36.4 Å². The first-order valence-electron chi connectivity index (χ1n) is 5.09. The fourth-order valence-electron chi connectivity index (χ4n) is 1.58. The molecule has 0 unspecified atom stereocenters. The van der Waals surface area contributed by atoms with E-state index in [0.717, 1.165) is 12.2 Å². The van der Waals surface area contributed by atoms with E-state index in [-0.39, 0.29) is 5.70 Å². The van der Waals surface area contributed by atoms with Crippen LogP contribution in [0.25, 0.3) is 0 Å². The van der Waals surface area contributed by atoms with Crippen LogP contribution < -0.4 is 4.90 Å². The molecule has 1 aliphatic rings. The van der Waals surface area contributed by atoms with E-state index in [1.165, 1.54) is 6.20 Å². The summed E-state index contributed by atoms with van der Waals surface area (Å²) in [4.78, 5) is 1.56. The van der Waals surface area contributed by atoms with Crippen molar-refractivity contribution >= 4 is 17.3 Å². The molecule has 1 nitrogen and oxygen atoms in total. The molecule has 18 heavy (non-hydrogen) atoms. The van der Waals surface area contributed by atoms with E-state index < -0.39 is 11.7 Å². The molecule has 1 aromatic rings. The molecule has 0 aliphatic carbocycles. The smallest absolute Gasteiger partial charge is 0.318 e. The van der Waals surface area contributed by atoms with Gasteiger partial charge in [-0.3, -0.25) is 0 Å². The highest BCUT2D eigenvalue weighted by Crippen LogP contribution is 2.33. The van der Waals surface area contributed by atoms with Crippen molar-refractivity contribution in [2.24, 2.45) is 0 Å². The molecule has 1 aromatic carbocycles. The van der Waals surface area contributed by atoms with Gasteiger partial charge >= 0.3 is 6.18 Å². The predicted octanol–water partition coefficient (Wildman–Crippen LogP) is 4.68. The number of rotatable bonds is 1. The Bertz CT molecular complexity index is 526. The van der Waals surface area contributed by atoms with E-state index in [1.54, 1.807) is 29.2 Å². The molecular formula is C13H9ClF3N. The molecular weight excluding hydrogens is 263 g/mol. The first-order chi connectivity index (χ1) is 8.38. The maximum atomic E-state index is 12.5. The summed E-state index contributed by atoms with van der Waals surface area (Å²) in [5, 5.41) is 0.567. The van der Waals surface area contributed by atoms with Crippen molar-refractivity contribution in [1.29, 1.82) is 0 Å². The number of hydrogen-bond acceptors (Lipinski definition) is 1. The number of alkyl halides is 3. The molecule has 1 aliphatic heterocycles. The summed E-state index contributed by atoms with van der Waals surface area (Å²) in [5.41, 5.74) is 0.253. The summed E-state index contributed by atoms with van der Waals surface area (Å²) >= 11 is 5.75. The normalized spacial score (nSPS) is 15.9. The Hall–Kier alpha value is -1.68. The summed E-state index contributed by atoms with van der Waals surface area (Å²) < 4.78 is 37.5. The Kier molecular flexibility index (Phi) is 3.22. The van der Waals surface area contributed by atoms with Gasteiger partial charge in [0.1, 0.15) is 0 Å². The summed E-state index contributed by atoms with van der Waals surface area (Å²) in [6.07, 6.45) is -0.988. The van der Waals surface area contributed by atoms with Crippen molar-refractivity contribution in [3.63, 3.8) is 0 Å². The lowest BCUT2D eigenvalue weighted by atomic mass is 10.1. The van der Waals surface area contributed by atoms with E-state index in [2.05, 4.69) is 6.58 Å². The van der Waals surface area contributed by atoms with Crippen LogP contribution in [0.3, 0.4) is 0 Å². The van der Waals surface area contributed by atoms with Crippen LogP contribution in [0, 0.1) is 0 Å². The van der Waals surface area contributed by atoms with Crippen molar-refractivity contribution in [2.45, 2.75) is 6.18 Å². The van der Waals surface area contributed by atoms with Gasteiger partial charge in [-0.25, -0.2) is 0 Å². The van der Waals surface area contributed by atoms with E-state index in [4.69, 9.17) is 11.6 Å². The fourth-order valence-corrected chi connectivity index (χ4v) is 1.70. The van der Waals surface area contributed by atoms with Gasteiger partial charge in [-0.1, -0.05) is 18.2 Å². The second-order valence-corrected chi connectivity index (χ2v) is 4.19. The van der Waals surface area contributed by atoms with Gasteiger partial charge in [0.25, 0.3) is 0 Å². The van der Waals surface area contributed by atoms with Crippen molar-refractivity contribution < 1.29 is 13.2 Å². The molecule has 0 N–H and O–H groups in total. The minimum Gasteiger partial charge on any atom is -0.318 e. The molecule has 0 saturated carbocycles. The molecule has 0 aromatic heterocycles. The van der Waals surface area contributed by atoms with Crippen LogP contribution in [0.2, 0.25) is 5.02 Å². The predicted molar refractivity (Wildman–Crippen MR) is 66.3 cm³/mol. The average Bonchev–Trinajstić information content (AvgIpc) is 2.29. The van der Waals surface area contributed by atoms with Gasteiger partial charge in [0.15, 0.2) is 0 Å². The van der Waals surface area contributed by atoms with E-state index in [9.17, 15) is 13.2 Å².